The Labute approximate surface area is 163 Å². The van der Waals surface area contributed by atoms with Crippen molar-refractivity contribution >= 4 is 23.2 Å². The van der Waals surface area contributed by atoms with E-state index in [1.165, 1.54) is 0 Å². The zero-order valence-corrected chi connectivity index (χ0v) is 15.8. The minimum absolute atomic E-state index is 0.0896. The zero-order chi connectivity index (χ0) is 19.5. The molecule has 28 heavy (non-hydrogen) atoms. The number of hydrogen-bond donors (Lipinski definition) is 1. The van der Waals surface area contributed by atoms with Gasteiger partial charge in [-0.1, -0.05) is 6.07 Å². The first kappa shape index (κ1) is 18.3. The monoisotopic (exact) mass is 381 g/mol. The average Bonchev–Trinajstić information content (AvgIpc) is 3.30. The Morgan fingerprint density at radius 2 is 1.93 bits per heavy atom. The van der Waals surface area contributed by atoms with E-state index in [1.54, 1.807) is 4.90 Å². The molecule has 1 saturated heterocycles. The van der Waals surface area contributed by atoms with Crippen LogP contribution in [0.15, 0.2) is 42.5 Å². The molecule has 1 fully saturated rings. The molecule has 2 aromatic rings. The van der Waals surface area contributed by atoms with Crippen LogP contribution in [-0.2, 0) is 16.1 Å². The molecule has 0 aliphatic carbocycles. The number of nitrogens with zero attached hydrogens (tertiary/aromatic N) is 2. The van der Waals surface area contributed by atoms with Crippen molar-refractivity contribution in [3.05, 3.63) is 48.0 Å². The average molecular weight is 381 g/mol. The molecule has 0 saturated carbocycles. The van der Waals surface area contributed by atoms with Gasteiger partial charge in [-0.3, -0.25) is 14.5 Å². The third-order valence-corrected chi connectivity index (χ3v) is 4.84. The molecule has 7 nitrogen and oxygen atoms in total. The molecule has 146 valence electrons. The summed E-state index contributed by atoms with van der Waals surface area (Å²) in [6.45, 7) is 1.90. The Bertz CT molecular complexity index is 882. The molecule has 2 amide bonds. The van der Waals surface area contributed by atoms with Crippen LogP contribution >= 0.6 is 0 Å². The number of anilines is 2. The molecule has 2 aliphatic rings. The molecule has 4 rings (SSSR count). The Morgan fingerprint density at radius 1 is 1.14 bits per heavy atom. The molecule has 0 atom stereocenters. The van der Waals surface area contributed by atoms with Gasteiger partial charge in [0.25, 0.3) is 0 Å². The number of ether oxygens (including phenoxy) is 2. The smallest absolute Gasteiger partial charge is 0.238 e. The lowest BCUT2D eigenvalue weighted by Crippen LogP contribution is -2.29. The SMILES string of the molecule is CN(CC(=O)Nc1ccc(N2CCCC2=O)cc1)Cc1ccc2c(c1)OCO2. The van der Waals surface area contributed by atoms with Gasteiger partial charge in [-0.2, -0.15) is 0 Å². The van der Waals surface area contributed by atoms with Crippen molar-refractivity contribution in [2.75, 3.05) is 37.1 Å². The highest BCUT2D eigenvalue weighted by molar-refractivity contribution is 5.96. The van der Waals surface area contributed by atoms with Gasteiger partial charge in [0.1, 0.15) is 0 Å². The van der Waals surface area contributed by atoms with Crippen LogP contribution in [-0.4, -0.2) is 43.6 Å². The Hall–Kier alpha value is -3.06. The number of fused-ring (bicyclic) bond motifs is 1. The third-order valence-electron chi connectivity index (χ3n) is 4.84. The van der Waals surface area contributed by atoms with Crippen LogP contribution in [0.2, 0.25) is 0 Å². The van der Waals surface area contributed by atoms with E-state index >= 15 is 0 Å². The first-order valence-electron chi connectivity index (χ1n) is 9.36. The van der Waals surface area contributed by atoms with E-state index < -0.39 is 0 Å². The summed E-state index contributed by atoms with van der Waals surface area (Å²) in [6.07, 6.45) is 1.50. The van der Waals surface area contributed by atoms with Crippen molar-refractivity contribution in [3.63, 3.8) is 0 Å². The van der Waals surface area contributed by atoms with E-state index in [2.05, 4.69) is 5.32 Å². The lowest BCUT2D eigenvalue weighted by molar-refractivity contribution is -0.117. The van der Waals surface area contributed by atoms with E-state index in [4.69, 9.17) is 9.47 Å². The maximum Gasteiger partial charge on any atom is 0.238 e. The van der Waals surface area contributed by atoms with Gasteiger partial charge in [-0.05, 0) is 55.4 Å². The fourth-order valence-electron chi connectivity index (χ4n) is 3.50. The van der Waals surface area contributed by atoms with Crippen LogP contribution in [0.4, 0.5) is 11.4 Å². The highest BCUT2D eigenvalue weighted by Gasteiger charge is 2.21. The van der Waals surface area contributed by atoms with E-state index in [0.29, 0.717) is 13.0 Å². The van der Waals surface area contributed by atoms with Crippen molar-refractivity contribution < 1.29 is 19.1 Å². The van der Waals surface area contributed by atoms with Gasteiger partial charge < -0.3 is 19.7 Å². The normalized spacial score (nSPS) is 15.4. The number of likely N-dealkylation sites (N-methyl/N-ethyl adjacent to an activating group) is 1. The van der Waals surface area contributed by atoms with Crippen molar-refractivity contribution in [2.24, 2.45) is 0 Å². The predicted octanol–water partition coefficient (Wildman–Crippen LogP) is 2.61. The molecule has 2 aliphatic heterocycles. The van der Waals surface area contributed by atoms with E-state index in [9.17, 15) is 9.59 Å². The van der Waals surface area contributed by atoms with Gasteiger partial charge in [0.05, 0.1) is 6.54 Å². The fraction of sp³-hybridized carbons (Fsp3) is 0.333. The second-order valence-corrected chi connectivity index (χ2v) is 7.10. The number of carbonyl (C=O) groups is 2. The quantitative estimate of drug-likeness (QED) is 0.833. The third kappa shape index (κ3) is 4.09. The van der Waals surface area contributed by atoms with Gasteiger partial charge in [-0.15, -0.1) is 0 Å². The lowest BCUT2D eigenvalue weighted by Gasteiger charge is -2.18. The van der Waals surface area contributed by atoms with Gasteiger partial charge in [0.2, 0.25) is 18.6 Å². The molecule has 1 N–H and O–H groups in total. The number of nitrogens with one attached hydrogen (secondary N) is 1. The first-order valence-corrected chi connectivity index (χ1v) is 9.36. The van der Waals surface area contributed by atoms with Crippen LogP contribution in [0, 0.1) is 0 Å². The molecule has 0 spiro atoms. The maximum atomic E-state index is 12.3. The largest absolute Gasteiger partial charge is 0.454 e. The molecule has 0 unspecified atom stereocenters. The number of carbonyl (C=O) groups excluding carboxylic acids is 2. The standard InChI is InChI=1S/C21H23N3O4/c1-23(12-15-4-9-18-19(11-15)28-14-27-18)13-20(25)22-16-5-7-17(8-6-16)24-10-2-3-21(24)26/h4-9,11H,2-3,10,12-14H2,1H3,(H,22,25). The minimum Gasteiger partial charge on any atom is -0.454 e. The summed E-state index contributed by atoms with van der Waals surface area (Å²) in [6, 6.07) is 13.2. The molecule has 2 aromatic carbocycles. The van der Waals surface area contributed by atoms with Gasteiger partial charge in [0.15, 0.2) is 11.5 Å². The summed E-state index contributed by atoms with van der Waals surface area (Å²) < 4.78 is 10.7. The molecule has 0 aromatic heterocycles. The summed E-state index contributed by atoms with van der Waals surface area (Å²) in [5.74, 6) is 1.56. The van der Waals surface area contributed by atoms with Crippen molar-refractivity contribution in [1.29, 1.82) is 0 Å². The highest BCUT2D eigenvalue weighted by atomic mass is 16.7. The number of benzene rings is 2. The van der Waals surface area contributed by atoms with Crippen LogP contribution in [0.25, 0.3) is 0 Å². The number of hydrogen-bond acceptors (Lipinski definition) is 5. The minimum atomic E-state index is -0.0896. The molecule has 2 heterocycles. The summed E-state index contributed by atoms with van der Waals surface area (Å²) >= 11 is 0. The molecule has 0 bridgehead atoms. The van der Waals surface area contributed by atoms with E-state index in [1.807, 2.05) is 54.4 Å². The maximum absolute atomic E-state index is 12.3. The van der Waals surface area contributed by atoms with Crippen molar-refractivity contribution in [3.8, 4) is 11.5 Å². The topological polar surface area (TPSA) is 71.1 Å². The van der Waals surface area contributed by atoms with Crippen LogP contribution in [0.1, 0.15) is 18.4 Å². The van der Waals surface area contributed by atoms with Crippen LogP contribution < -0.4 is 19.7 Å². The van der Waals surface area contributed by atoms with Crippen LogP contribution in [0.5, 0.6) is 11.5 Å². The van der Waals surface area contributed by atoms with Crippen molar-refractivity contribution in [2.45, 2.75) is 19.4 Å². The van der Waals surface area contributed by atoms with Gasteiger partial charge in [-0.25, -0.2) is 0 Å². The summed E-state index contributed by atoms with van der Waals surface area (Å²) in [4.78, 5) is 27.9. The molecule has 0 radical (unpaired) electrons. The number of amides is 2. The summed E-state index contributed by atoms with van der Waals surface area (Å²) in [5.41, 5.74) is 2.65. The van der Waals surface area contributed by atoms with Crippen molar-refractivity contribution in [1.82, 2.24) is 4.90 Å². The zero-order valence-electron chi connectivity index (χ0n) is 15.8. The van der Waals surface area contributed by atoms with Crippen LogP contribution in [0.3, 0.4) is 0 Å². The lowest BCUT2D eigenvalue weighted by atomic mass is 10.2. The molecule has 7 heteroatoms. The summed E-state index contributed by atoms with van der Waals surface area (Å²) in [5, 5.41) is 2.90. The fourth-order valence-corrected chi connectivity index (χ4v) is 3.50. The Morgan fingerprint density at radius 3 is 2.68 bits per heavy atom. The second kappa shape index (κ2) is 7.90. The molecular formula is C21H23N3O4. The molecular weight excluding hydrogens is 358 g/mol. The second-order valence-electron chi connectivity index (χ2n) is 7.10. The summed E-state index contributed by atoms with van der Waals surface area (Å²) in [7, 11) is 1.90. The van der Waals surface area contributed by atoms with E-state index in [0.717, 1.165) is 41.4 Å². The predicted molar refractivity (Wildman–Crippen MR) is 106 cm³/mol. The van der Waals surface area contributed by atoms with Gasteiger partial charge in [0, 0.05) is 30.9 Å². The highest BCUT2D eigenvalue weighted by Crippen LogP contribution is 2.32. The first-order chi connectivity index (χ1) is 13.6. The van der Waals surface area contributed by atoms with Gasteiger partial charge >= 0.3 is 0 Å². The number of rotatable bonds is 6. The Kier molecular flexibility index (Phi) is 5.16. The Balaban J connectivity index is 1.29. The van der Waals surface area contributed by atoms with E-state index in [-0.39, 0.29) is 25.2 Å².